The number of likely N-dealkylation sites (N-methyl/N-ethyl adjacent to an activating group) is 1. The summed E-state index contributed by atoms with van der Waals surface area (Å²) in [5, 5.41) is 3.06. The summed E-state index contributed by atoms with van der Waals surface area (Å²) in [6.45, 7) is 4.77. The van der Waals surface area contributed by atoms with Gasteiger partial charge in [0.1, 0.15) is 11.4 Å². The summed E-state index contributed by atoms with van der Waals surface area (Å²) in [5.74, 6) is 1.31. The second-order valence-corrected chi connectivity index (χ2v) is 7.01. The van der Waals surface area contributed by atoms with E-state index in [9.17, 15) is 4.79 Å². The number of imidazole rings is 1. The van der Waals surface area contributed by atoms with E-state index in [2.05, 4.69) is 15.2 Å². The van der Waals surface area contributed by atoms with Crippen molar-refractivity contribution in [3.63, 3.8) is 0 Å². The minimum Gasteiger partial charge on any atom is -0.497 e. The molecule has 2 aromatic heterocycles. The molecule has 1 N–H and O–H groups in total. The molecule has 0 aliphatic carbocycles. The minimum atomic E-state index is -0.163. The third-order valence-electron chi connectivity index (χ3n) is 4.88. The number of hydrogen-bond acceptors (Lipinski definition) is 5. The van der Waals surface area contributed by atoms with E-state index in [-0.39, 0.29) is 11.9 Å². The smallest absolute Gasteiger partial charge is 0.270 e. The number of aromatic nitrogens is 2. The van der Waals surface area contributed by atoms with E-state index < -0.39 is 0 Å². The van der Waals surface area contributed by atoms with E-state index in [4.69, 9.17) is 9.47 Å². The van der Waals surface area contributed by atoms with Crippen molar-refractivity contribution in [2.24, 2.45) is 0 Å². The van der Waals surface area contributed by atoms with Gasteiger partial charge in [0.2, 0.25) is 0 Å². The molecule has 0 spiro atoms. The monoisotopic (exact) mass is 396 g/mol. The van der Waals surface area contributed by atoms with Crippen LogP contribution in [0.1, 0.15) is 34.7 Å². The predicted molar refractivity (Wildman–Crippen MR) is 113 cm³/mol. The zero-order valence-electron chi connectivity index (χ0n) is 17.6. The number of rotatable bonds is 8. The highest BCUT2D eigenvalue weighted by Crippen LogP contribution is 2.23. The molecule has 2 heterocycles. The van der Waals surface area contributed by atoms with Crippen LogP contribution in [0.3, 0.4) is 0 Å². The van der Waals surface area contributed by atoms with Crippen LogP contribution in [0.15, 0.2) is 42.6 Å². The molecular formula is C22H28N4O3. The molecule has 7 heteroatoms. The number of pyridine rings is 1. The normalized spacial score (nSPS) is 12.2. The maximum absolute atomic E-state index is 13.0. The van der Waals surface area contributed by atoms with E-state index in [1.165, 1.54) is 0 Å². The van der Waals surface area contributed by atoms with Crippen LogP contribution in [0, 0.1) is 6.92 Å². The summed E-state index contributed by atoms with van der Waals surface area (Å²) >= 11 is 0. The van der Waals surface area contributed by atoms with E-state index in [1.807, 2.05) is 70.5 Å². The molecule has 7 nitrogen and oxygen atoms in total. The summed E-state index contributed by atoms with van der Waals surface area (Å²) in [4.78, 5) is 19.6. The molecular weight excluding hydrogens is 368 g/mol. The number of amides is 1. The first-order chi connectivity index (χ1) is 14.0. The third-order valence-corrected chi connectivity index (χ3v) is 4.88. The fourth-order valence-electron chi connectivity index (χ4n) is 3.40. The Kier molecular flexibility index (Phi) is 6.39. The van der Waals surface area contributed by atoms with Gasteiger partial charge in [-0.3, -0.25) is 9.20 Å². The van der Waals surface area contributed by atoms with Crippen molar-refractivity contribution in [3.05, 3.63) is 59.5 Å². The van der Waals surface area contributed by atoms with Gasteiger partial charge in [-0.2, -0.15) is 0 Å². The molecule has 0 radical (unpaired) electrons. The molecule has 1 amide bonds. The zero-order valence-corrected chi connectivity index (χ0v) is 17.6. The number of hydrogen-bond donors (Lipinski definition) is 1. The van der Waals surface area contributed by atoms with Crippen LogP contribution < -0.4 is 14.8 Å². The number of benzene rings is 1. The largest absolute Gasteiger partial charge is 0.497 e. The lowest BCUT2D eigenvalue weighted by atomic mass is 10.1. The topological polar surface area (TPSA) is 68.1 Å². The minimum absolute atomic E-state index is 0.0309. The number of ether oxygens (including phenoxy) is 2. The van der Waals surface area contributed by atoms with Gasteiger partial charge in [-0.1, -0.05) is 12.1 Å². The molecule has 0 saturated carbocycles. The Morgan fingerprint density at radius 3 is 2.59 bits per heavy atom. The Labute approximate surface area is 171 Å². The van der Waals surface area contributed by atoms with Gasteiger partial charge in [-0.05, 0) is 57.8 Å². The summed E-state index contributed by atoms with van der Waals surface area (Å²) < 4.78 is 12.7. The van der Waals surface area contributed by atoms with Gasteiger partial charge in [0.15, 0.2) is 11.4 Å². The summed E-state index contributed by atoms with van der Waals surface area (Å²) in [6, 6.07) is 11.6. The molecule has 0 saturated heterocycles. The van der Waals surface area contributed by atoms with Crippen molar-refractivity contribution in [2.75, 3.05) is 34.4 Å². The molecule has 1 atom stereocenters. The number of methoxy groups -OCH3 is 1. The average molecular weight is 396 g/mol. The zero-order chi connectivity index (χ0) is 21.0. The van der Waals surface area contributed by atoms with E-state index in [1.54, 1.807) is 11.5 Å². The molecule has 29 heavy (non-hydrogen) atoms. The van der Waals surface area contributed by atoms with Crippen molar-refractivity contribution in [1.29, 1.82) is 0 Å². The quantitative estimate of drug-likeness (QED) is 0.634. The molecule has 3 aromatic rings. The van der Waals surface area contributed by atoms with Crippen LogP contribution >= 0.6 is 0 Å². The molecule has 1 unspecified atom stereocenters. The Morgan fingerprint density at radius 2 is 1.97 bits per heavy atom. The lowest BCUT2D eigenvalue weighted by Crippen LogP contribution is -2.35. The molecule has 3 rings (SSSR count). The SMILES string of the molecule is CCOc1cccn2c(C(=O)NCC(c3ccc(OC)cc3)N(C)C)c(C)nc12. The number of carbonyl (C=O) groups excluding carboxylic acids is 1. The number of nitrogens with one attached hydrogen (secondary N) is 1. The molecule has 0 bridgehead atoms. The van der Waals surface area contributed by atoms with Gasteiger partial charge < -0.3 is 19.7 Å². The van der Waals surface area contributed by atoms with Gasteiger partial charge in [-0.25, -0.2) is 4.98 Å². The maximum Gasteiger partial charge on any atom is 0.270 e. The van der Waals surface area contributed by atoms with Crippen LogP contribution in [-0.2, 0) is 0 Å². The second kappa shape index (κ2) is 8.96. The predicted octanol–water partition coefficient (Wildman–Crippen LogP) is 3.08. The molecule has 0 aliphatic heterocycles. The van der Waals surface area contributed by atoms with Gasteiger partial charge in [0.05, 0.1) is 25.5 Å². The average Bonchev–Trinajstić information content (AvgIpc) is 3.05. The highest BCUT2D eigenvalue weighted by molar-refractivity contribution is 5.95. The number of fused-ring (bicyclic) bond motifs is 1. The lowest BCUT2D eigenvalue weighted by molar-refractivity contribution is 0.0935. The van der Waals surface area contributed by atoms with Crippen molar-refractivity contribution in [3.8, 4) is 11.5 Å². The Hall–Kier alpha value is -3.06. The molecule has 0 aliphatic rings. The first-order valence-corrected chi connectivity index (χ1v) is 9.65. The fourth-order valence-corrected chi connectivity index (χ4v) is 3.40. The molecule has 1 aromatic carbocycles. The van der Waals surface area contributed by atoms with Crippen molar-refractivity contribution >= 4 is 11.6 Å². The third kappa shape index (κ3) is 4.35. The van der Waals surface area contributed by atoms with E-state index in [0.29, 0.717) is 35.9 Å². The second-order valence-electron chi connectivity index (χ2n) is 7.01. The number of carbonyl (C=O) groups is 1. The van der Waals surface area contributed by atoms with Crippen molar-refractivity contribution < 1.29 is 14.3 Å². The van der Waals surface area contributed by atoms with Gasteiger partial charge in [0, 0.05) is 12.7 Å². The van der Waals surface area contributed by atoms with Crippen LogP contribution in [0.25, 0.3) is 5.65 Å². The Balaban J connectivity index is 1.81. The highest BCUT2D eigenvalue weighted by Gasteiger charge is 2.21. The first-order valence-electron chi connectivity index (χ1n) is 9.65. The van der Waals surface area contributed by atoms with Crippen LogP contribution in [0.4, 0.5) is 0 Å². The van der Waals surface area contributed by atoms with Crippen LogP contribution in [0.5, 0.6) is 11.5 Å². The van der Waals surface area contributed by atoms with E-state index >= 15 is 0 Å². The van der Waals surface area contributed by atoms with Crippen LogP contribution in [-0.4, -0.2) is 54.5 Å². The fraction of sp³-hybridized carbons (Fsp3) is 0.364. The standard InChI is InChI=1S/C22H28N4O3/c1-6-29-19-8-7-13-26-20(15(2)24-21(19)26)22(27)23-14-18(25(3)4)16-9-11-17(28-5)12-10-16/h7-13,18H,6,14H2,1-5H3,(H,23,27). The Morgan fingerprint density at radius 1 is 1.24 bits per heavy atom. The first kappa shape index (κ1) is 20.7. The summed E-state index contributed by atoms with van der Waals surface area (Å²) in [5.41, 5.74) is 2.94. The van der Waals surface area contributed by atoms with Gasteiger partial charge in [0.25, 0.3) is 5.91 Å². The summed E-state index contributed by atoms with van der Waals surface area (Å²) in [6.07, 6.45) is 1.83. The van der Waals surface area contributed by atoms with Crippen molar-refractivity contribution in [1.82, 2.24) is 19.6 Å². The lowest BCUT2D eigenvalue weighted by Gasteiger charge is -2.25. The number of aryl methyl sites for hydroxylation is 1. The van der Waals surface area contributed by atoms with E-state index in [0.717, 1.165) is 11.3 Å². The van der Waals surface area contributed by atoms with Crippen molar-refractivity contribution in [2.45, 2.75) is 19.9 Å². The molecule has 154 valence electrons. The van der Waals surface area contributed by atoms with Gasteiger partial charge in [-0.15, -0.1) is 0 Å². The molecule has 0 fully saturated rings. The maximum atomic E-state index is 13.0. The van der Waals surface area contributed by atoms with Gasteiger partial charge >= 0.3 is 0 Å². The summed E-state index contributed by atoms with van der Waals surface area (Å²) in [7, 11) is 5.64. The highest BCUT2D eigenvalue weighted by atomic mass is 16.5. The number of nitrogens with zero attached hydrogens (tertiary/aromatic N) is 3. The van der Waals surface area contributed by atoms with Crippen LogP contribution in [0.2, 0.25) is 0 Å². The Bertz CT molecular complexity index is 980.